The molecule has 0 amide bonds. The Hall–Kier alpha value is -2.08. The van der Waals surface area contributed by atoms with E-state index in [4.69, 9.17) is 5.73 Å². The molecule has 4 nitrogen and oxygen atoms in total. The number of benzene rings is 2. The Morgan fingerprint density at radius 1 is 1.00 bits per heavy atom. The fraction of sp³-hybridized carbons (Fsp3) is 0.200. The van der Waals surface area contributed by atoms with Crippen molar-refractivity contribution >= 4 is 21.4 Å². The second-order valence-corrected chi connectivity index (χ2v) is 6.63. The van der Waals surface area contributed by atoms with Gasteiger partial charge in [0.1, 0.15) is 10.7 Å². The van der Waals surface area contributed by atoms with Crippen LogP contribution in [0.2, 0.25) is 0 Å². The van der Waals surface area contributed by atoms with E-state index in [2.05, 4.69) is 4.72 Å². The van der Waals surface area contributed by atoms with Crippen LogP contribution in [0.15, 0.2) is 35.2 Å². The molecule has 0 radical (unpaired) electrons. The van der Waals surface area contributed by atoms with Gasteiger partial charge in [-0.2, -0.15) is 0 Å². The summed E-state index contributed by atoms with van der Waals surface area (Å²) in [6.07, 6.45) is 0. The van der Waals surface area contributed by atoms with Gasteiger partial charge in [0.25, 0.3) is 10.0 Å². The highest BCUT2D eigenvalue weighted by molar-refractivity contribution is 7.93. The Kier molecular flexibility index (Phi) is 3.91. The maximum Gasteiger partial charge on any atom is 0.264 e. The number of nitrogens with one attached hydrogen (secondary N) is 1. The normalized spacial score (nSPS) is 11.4. The van der Waals surface area contributed by atoms with Crippen LogP contribution in [0, 0.1) is 26.6 Å². The van der Waals surface area contributed by atoms with Crippen LogP contribution < -0.4 is 10.5 Å². The molecule has 0 spiro atoms. The average molecular weight is 308 g/mol. The molecule has 0 atom stereocenters. The minimum Gasteiger partial charge on any atom is -0.397 e. The van der Waals surface area contributed by atoms with Crippen molar-refractivity contribution in [2.24, 2.45) is 0 Å². The highest BCUT2D eigenvalue weighted by Gasteiger charge is 2.21. The van der Waals surface area contributed by atoms with E-state index < -0.39 is 10.0 Å². The predicted molar refractivity (Wildman–Crippen MR) is 82.3 cm³/mol. The van der Waals surface area contributed by atoms with Gasteiger partial charge in [-0.25, -0.2) is 12.8 Å². The van der Waals surface area contributed by atoms with Crippen LogP contribution >= 0.6 is 0 Å². The molecule has 0 aliphatic heterocycles. The zero-order valence-electron chi connectivity index (χ0n) is 12.1. The minimum absolute atomic E-state index is 0.0597. The van der Waals surface area contributed by atoms with Gasteiger partial charge in [-0.15, -0.1) is 0 Å². The van der Waals surface area contributed by atoms with Crippen molar-refractivity contribution in [3.8, 4) is 0 Å². The maximum atomic E-state index is 13.2. The third kappa shape index (κ3) is 3.00. The van der Waals surface area contributed by atoms with E-state index in [9.17, 15) is 12.8 Å². The largest absolute Gasteiger partial charge is 0.397 e. The van der Waals surface area contributed by atoms with Crippen LogP contribution in [-0.4, -0.2) is 8.42 Å². The van der Waals surface area contributed by atoms with Crippen molar-refractivity contribution in [2.75, 3.05) is 10.5 Å². The number of rotatable bonds is 3. The van der Waals surface area contributed by atoms with Gasteiger partial charge in [-0.1, -0.05) is 12.1 Å². The van der Waals surface area contributed by atoms with Gasteiger partial charge in [0.2, 0.25) is 0 Å². The van der Waals surface area contributed by atoms with Crippen LogP contribution in [0.5, 0.6) is 0 Å². The molecule has 0 aliphatic rings. The number of sulfonamides is 1. The molecule has 112 valence electrons. The van der Waals surface area contributed by atoms with Crippen molar-refractivity contribution in [1.82, 2.24) is 0 Å². The number of hydrogen-bond acceptors (Lipinski definition) is 3. The number of nitrogen functional groups attached to an aromatic ring is 1. The summed E-state index contributed by atoms with van der Waals surface area (Å²) >= 11 is 0. The van der Waals surface area contributed by atoms with Gasteiger partial charge < -0.3 is 5.73 Å². The van der Waals surface area contributed by atoms with Crippen molar-refractivity contribution in [3.05, 3.63) is 52.8 Å². The van der Waals surface area contributed by atoms with Crippen LogP contribution in [0.25, 0.3) is 0 Å². The molecular weight excluding hydrogens is 291 g/mol. The fourth-order valence-corrected chi connectivity index (χ4v) is 3.56. The van der Waals surface area contributed by atoms with Gasteiger partial charge in [-0.05, 0) is 55.7 Å². The van der Waals surface area contributed by atoms with Crippen molar-refractivity contribution < 1.29 is 12.8 Å². The zero-order valence-corrected chi connectivity index (χ0v) is 12.9. The maximum absolute atomic E-state index is 13.2. The SMILES string of the molecule is Cc1cc(NS(=O)(=O)c2c(C)ccc(C)c2N)ccc1F. The topological polar surface area (TPSA) is 72.2 Å². The summed E-state index contributed by atoms with van der Waals surface area (Å²) in [5.41, 5.74) is 8.04. The molecule has 2 rings (SSSR count). The number of hydrogen-bond donors (Lipinski definition) is 2. The van der Waals surface area contributed by atoms with Crippen LogP contribution in [-0.2, 0) is 10.0 Å². The van der Waals surface area contributed by atoms with Crippen LogP contribution in [0.3, 0.4) is 0 Å². The monoisotopic (exact) mass is 308 g/mol. The first-order chi connectivity index (χ1) is 9.72. The Bertz CT molecular complexity index is 802. The average Bonchev–Trinajstić information content (AvgIpc) is 2.38. The fourth-order valence-electron chi connectivity index (χ4n) is 2.08. The smallest absolute Gasteiger partial charge is 0.264 e. The standard InChI is InChI=1S/C15H17FN2O2S/c1-9-4-5-10(2)15(14(9)17)21(19,20)18-12-6-7-13(16)11(3)8-12/h4-8,18H,17H2,1-3H3. The van der Waals surface area contributed by atoms with E-state index in [-0.39, 0.29) is 16.4 Å². The molecule has 0 bridgehead atoms. The molecule has 0 saturated heterocycles. The Morgan fingerprint density at radius 2 is 1.62 bits per heavy atom. The zero-order chi connectivity index (χ0) is 15.8. The van der Waals surface area contributed by atoms with Crippen molar-refractivity contribution in [1.29, 1.82) is 0 Å². The van der Waals surface area contributed by atoms with E-state index in [0.29, 0.717) is 22.4 Å². The Morgan fingerprint density at radius 3 is 2.24 bits per heavy atom. The lowest BCUT2D eigenvalue weighted by Crippen LogP contribution is -2.17. The second-order valence-electron chi connectivity index (χ2n) is 5.01. The summed E-state index contributed by atoms with van der Waals surface area (Å²) in [7, 11) is -3.82. The predicted octanol–water partition coefficient (Wildman–Crippen LogP) is 3.13. The Labute approximate surface area is 123 Å². The molecule has 3 N–H and O–H groups in total. The first kappa shape index (κ1) is 15.3. The highest BCUT2D eigenvalue weighted by Crippen LogP contribution is 2.28. The first-order valence-corrected chi connectivity index (χ1v) is 7.85. The number of nitrogens with two attached hydrogens (primary N) is 1. The van der Waals surface area contributed by atoms with Crippen LogP contribution in [0.4, 0.5) is 15.8 Å². The molecule has 0 heterocycles. The number of aryl methyl sites for hydroxylation is 3. The molecule has 2 aromatic carbocycles. The molecule has 0 unspecified atom stereocenters. The van der Waals surface area contributed by atoms with E-state index in [1.807, 2.05) is 0 Å². The third-order valence-corrected chi connectivity index (χ3v) is 4.87. The molecule has 6 heteroatoms. The van der Waals surface area contributed by atoms with E-state index in [1.54, 1.807) is 32.9 Å². The van der Waals surface area contributed by atoms with E-state index in [0.717, 1.165) is 0 Å². The molecule has 0 aromatic heterocycles. The molecule has 0 aliphatic carbocycles. The summed E-state index contributed by atoms with van der Waals surface area (Å²) < 4.78 is 40.7. The quantitative estimate of drug-likeness (QED) is 0.856. The summed E-state index contributed by atoms with van der Waals surface area (Å²) in [4.78, 5) is 0.0597. The van der Waals surface area contributed by atoms with Gasteiger partial charge in [0.15, 0.2) is 0 Å². The molecule has 21 heavy (non-hydrogen) atoms. The highest BCUT2D eigenvalue weighted by atomic mass is 32.2. The molecular formula is C15H17FN2O2S. The van der Waals surface area contributed by atoms with E-state index in [1.165, 1.54) is 18.2 Å². The van der Waals surface area contributed by atoms with Gasteiger partial charge in [-0.3, -0.25) is 4.72 Å². The number of halogens is 1. The molecule has 0 fully saturated rings. The van der Waals surface area contributed by atoms with Gasteiger partial charge >= 0.3 is 0 Å². The Balaban J connectivity index is 2.48. The lowest BCUT2D eigenvalue weighted by atomic mass is 10.1. The summed E-state index contributed by atoms with van der Waals surface area (Å²) in [5, 5.41) is 0. The lowest BCUT2D eigenvalue weighted by Gasteiger charge is -2.14. The summed E-state index contributed by atoms with van der Waals surface area (Å²) in [6.45, 7) is 5.00. The molecule has 0 saturated carbocycles. The summed E-state index contributed by atoms with van der Waals surface area (Å²) in [5.74, 6) is -0.385. The lowest BCUT2D eigenvalue weighted by molar-refractivity contribution is 0.600. The van der Waals surface area contributed by atoms with Gasteiger partial charge in [0, 0.05) is 5.69 Å². The number of anilines is 2. The van der Waals surface area contributed by atoms with Crippen LogP contribution in [0.1, 0.15) is 16.7 Å². The van der Waals surface area contributed by atoms with Crippen molar-refractivity contribution in [3.63, 3.8) is 0 Å². The van der Waals surface area contributed by atoms with E-state index >= 15 is 0 Å². The van der Waals surface area contributed by atoms with Crippen molar-refractivity contribution in [2.45, 2.75) is 25.7 Å². The minimum atomic E-state index is -3.82. The third-order valence-electron chi connectivity index (χ3n) is 3.29. The van der Waals surface area contributed by atoms with Gasteiger partial charge in [0.05, 0.1) is 5.69 Å². The summed E-state index contributed by atoms with van der Waals surface area (Å²) in [6, 6.07) is 7.51. The molecule has 2 aromatic rings. The first-order valence-electron chi connectivity index (χ1n) is 6.37. The second kappa shape index (κ2) is 5.37.